The monoisotopic (exact) mass is 338 g/mol. The van der Waals surface area contributed by atoms with Gasteiger partial charge < -0.3 is 14.6 Å². The molecule has 0 bridgehead atoms. The number of carbonyl (C=O) groups excluding carboxylic acids is 2. The van der Waals surface area contributed by atoms with Crippen molar-refractivity contribution in [1.29, 1.82) is 0 Å². The predicted octanol–water partition coefficient (Wildman–Crippen LogP) is 2.57. The Hall–Kier alpha value is -3.09. The van der Waals surface area contributed by atoms with Crippen LogP contribution in [-0.4, -0.2) is 40.0 Å². The summed E-state index contributed by atoms with van der Waals surface area (Å²) in [6.07, 6.45) is 3.80. The van der Waals surface area contributed by atoms with Gasteiger partial charge in [0, 0.05) is 24.7 Å². The Labute approximate surface area is 144 Å². The fourth-order valence-corrected chi connectivity index (χ4v) is 3.19. The second-order valence-electron chi connectivity index (χ2n) is 6.31. The van der Waals surface area contributed by atoms with Crippen molar-refractivity contribution in [2.75, 3.05) is 18.4 Å². The number of aromatic amines is 1. The summed E-state index contributed by atoms with van der Waals surface area (Å²) >= 11 is 0. The number of aryl methyl sites for hydroxylation is 1. The molecular weight excluding hydrogens is 320 g/mol. The van der Waals surface area contributed by atoms with Crippen LogP contribution in [0.2, 0.25) is 0 Å². The van der Waals surface area contributed by atoms with E-state index in [2.05, 4.69) is 15.5 Å². The molecule has 1 saturated heterocycles. The fraction of sp³-hybridized carbons (Fsp3) is 0.278. The van der Waals surface area contributed by atoms with Gasteiger partial charge in [0.2, 0.25) is 5.91 Å². The van der Waals surface area contributed by atoms with Crippen LogP contribution in [0.4, 0.5) is 5.69 Å². The third kappa shape index (κ3) is 2.88. The lowest BCUT2D eigenvalue weighted by Crippen LogP contribution is -2.31. The topological polar surface area (TPSA) is 91.2 Å². The molecule has 128 valence electrons. The third-order valence-corrected chi connectivity index (χ3v) is 4.60. The molecule has 0 radical (unpaired) electrons. The number of H-pyrrole nitrogens is 1. The highest BCUT2D eigenvalue weighted by Gasteiger charge is 2.32. The van der Waals surface area contributed by atoms with Gasteiger partial charge in [-0.25, -0.2) is 0 Å². The maximum absolute atomic E-state index is 12.7. The molecule has 25 heavy (non-hydrogen) atoms. The van der Waals surface area contributed by atoms with E-state index in [1.165, 1.54) is 0 Å². The van der Waals surface area contributed by atoms with E-state index in [4.69, 9.17) is 4.42 Å². The highest BCUT2D eigenvalue weighted by atomic mass is 16.3. The molecule has 0 aliphatic carbocycles. The van der Waals surface area contributed by atoms with E-state index in [0.29, 0.717) is 36.5 Å². The fourth-order valence-electron chi connectivity index (χ4n) is 3.19. The van der Waals surface area contributed by atoms with Crippen molar-refractivity contribution in [1.82, 2.24) is 15.1 Å². The Morgan fingerprint density at radius 3 is 3.04 bits per heavy atom. The molecule has 1 unspecified atom stereocenters. The number of rotatable bonds is 3. The number of likely N-dealkylation sites (tertiary alicyclic amines) is 1. The van der Waals surface area contributed by atoms with Crippen molar-refractivity contribution in [3.8, 4) is 0 Å². The Morgan fingerprint density at radius 2 is 2.28 bits per heavy atom. The van der Waals surface area contributed by atoms with Gasteiger partial charge in [-0.3, -0.25) is 14.7 Å². The lowest BCUT2D eigenvalue weighted by molar-refractivity contribution is -0.119. The zero-order valence-corrected chi connectivity index (χ0v) is 13.8. The van der Waals surface area contributed by atoms with Crippen molar-refractivity contribution in [2.45, 2.75) is 13.3 Å². The number of aromatic nitrogens is 2. The van der Waals surface area contributed by atoms with Gasteiger partial charge in [0.25, 0.3) is 5.91 Å². The van der Waals surface area contributed by atoms with Crippen LogP contribution in [0.5, 0.6) is 0 Å². The van der Waals surface area contributed by atoms with Crippen molar-refractivity contribution < 1.29 is 14.0 Å². The van der Waals surface area contributed by atoms with Gasteiger partial charge >= 0.3 is 0 Å². The summed E-state index contributed by atoms with van der Waals surface area (Å²) in [5, 5.41) is 10.2. The van der Waals surface area contributed by atoms with Crippen LogP contribution in [-0.2, 0) is 4.79 Å². The SMILES string of the molecule is Cc1cccc2oc(C(=O)N3CCC(C(=O)Nc4cn[nH]c4)C3)cc12. The number of furan rings is 1. The van der Waals surface area contributed by atoms with Crippen molar-refractivity contribution in [3.05, 3.63) is 48.0 Å². The molecule has 2 aromatic heterocycles. The molecule has 1 fully saturated rings. The number of anilines is 1. The Morgan fingerprint density at radius 1 is 1.40 bits per heavy atom. The molecule has 1 atom stereocenters. The van der Waals surface area contributed by atoms with E-state index in [0.717, 1.165) is 10.9 Å². The second-order valence-corrected chi connectivity index (χ2v) is 6.31. The molecule has 7 heteroatoms. The Bertz CT molecular complexity index is 929. The number of nitrogens with one attached hydrogen (secondary N) is 2. The molecule has 1 aliphatic heterocycles. The van der Waals surface area contributed by atoms with Gasteiger partial charge in [0.1, 0.15) is 5.58 Å². The van der Waals surface area contributed by atoms with Crippen molar-refractivity contribution in [3.63, 3.8) is 0 Å². The molecule has 4 rings (SSSR count). The number of benzene rings is 1. The molecule has 0 spiro atoms. The summed E-state index contributed by atoms with van der Waals surface area (Å²) < 4.78 is 5.70. The lowest BCUT2D eigenvalue weighted by atomic mass is 10.1. The van der Waals surface area contributed by atoms with Crippen molar-refractivity contribution >= 4 is 28.5 Å². The highest BCUT2D eigenvalue weighted by molar-refractivity contribution is 5.98. The zero-order valence-electron chi connectivity index (χ0n) is 13.8. The number of hydrogen-bond donors (Lipinski definition) is 2. The van der Waals surface area contributed by atoms with Crippen LogP contribution in [0.3, 0.4) is 0 Å². The molecule has 3 heterocycles. The summed E-state index contributed by atoms with van der Waals surface area (Å²) in [6.45, 7) is 2.91. The van der Waals surface area contributed by atoms with Gasteiger partial charge in [-0.15, -0.1) is 0 Å². The van der Waals surface area contributed by atoms with E-state index in [1.54, 1.807) is 23.4 Å². The van der Waals surface area contributed by atoms with Crippen LogP contribution in [0.1, 0.15) is 22.5 Å². The summed E-state index contributed by atoms with van der Waals surface area (Å²) in [5.41, 5.74) is 2.40. The standard InChI is InChI=1S/C18H18N4O3/c1-11-3-2-4-15-14(11)7-16(25-15)18(24)22-6-5-12(10-22)17(23)21-13-8-19-20-9-13/h2-4,7-9,12H,5-6,10H2,1H3,(H,19,20)(H,21,23). The van der Waals surface area contributed by atoms with Crippen LogP contribution >= 0.6 is 0 Å². The first-order valence-corrected chi connectivity index (χ1v) is 8.20. The lowest BCUT2D eigenvalue weighted by Gasteiger charge is -2.14. The highest BCUT2D eigenvalue weighted by Crippen LogP contribution is 2.26. The number of hydrogen-bond acceptors (Lipinski definition) is 4. The minimum atomic E-state index is -0.232. The van der Waals surface area contributed by atoms with Crippen molar-refractivity contribution in [2.24, 2.45) is 5.92 Å². The summed E-state index contributed by atoms with van der Waals surface area (Å²) in [5.74, 6) is -0.184. The summed E-state index contributed by atoms with van der Waals surface area (Å²) in [7, 11) is 0. The third-order valence-electron chi connectivity index (χ3n) is 4.60. The van der Waals surface area contributed by atoms with Crippen LogP contribution in [0.25, 0.3) is 11.0 Å². The predicted molar refractivity (Wildman–Crippen MR) is 92.2 cm³/mol. The molecule has 3 aromatic rings. The average Bonchev–Trinajstić information content (AvgIpc) is 3.34. The minimum Gasteiger partial charge on any atom is -0.451 e. The number of fused-ring (bicyclic) bond motifs is 1. The maximum Gasteiger partial charge on any atom is 0.289 e. The van der Waals surface area contributed by atoms with E-state index < -0.39 is 0 Å². The maximum atomic E-state index is 12.7. The van der Waals surface area contributed by atoms with E-state index in [1.807, 2.05) is 25.1 Å². The van der Waals surface area contributed by atoms with Gasteiger partial charge in [-0.05, 0) is 31.0 Å². The molecular formula is C18H18N4O3. The van der Waals surface area contributed by atoms with Gasteiger partial charge in [0.15, 0.2) is 5.76 Å². The van der Waals surface area contributed by atoms with E-state index in [9.17, 15) is 9.59 Å². The molecule has 2 N–H and O–H groups in total. The largest absolute Gasteiger partial charge is 0.451 e. The first-order chi connectivity index (χ1) is 12.1. The van der Waals surface area contributed by atoms with E-state index >= 15 is 0 Å². The molecule has 0 saturated carbocycles. The average molecular weight is 338 g/mol. The van der Waals surface area contributed by atoms with Gasteiger partial charge in [-0.1, -0.05) is 12.1 Å². The number of nitrogens with zero attached hydrogens (tertiary/aromatic N) is 2. The Kier molecular flexibility index (Phi) is 3.76. The summed E-state index contributed by atoms with van der Waals surface area (Å²) in [6, 6.07) is 7.52. The Balaban J connectivity index is 1.46. The number of carbonyl (C=O) groups is 2. The second kappa shape index (κ2) is 6.08. The molecule has 7 nitrogen and oxygen atoms in total. The van der Waals surface area contributed by atoms with Crippen LogP contribution < -0.4 is 5.32 Å². The number of amides is 2. The zero-order chi connectivity index (χ0) is 17.4. The first-order valence-electron chi connectivity index (χ1n) is 8.20. The smallest absolute Gasteiger partial charge is 0.289 e. The molecule has 1 aromatic carbocycles. The quantitative estimate of drug-likeness (QED) is 0.768. The minimum absolute atomic E-state index is 0.0999. The normalized spacial score (nSPS) is 17.2. The van der Waals surface area contributed by atoms with Gasteiger partial charge in [-0.2, -0.15) is 5.10 Å². The van der Waals surface area contributed by atoms with E-state index in [-0.39, 0.29) is 17.7 Å². The van der Waals surface area contributed by atoms with Gasteiger partial charge in [0.05, 0.1) is 17.8 Å². The molecule has 2 amide bonds. The molecule has 1 aliphatic rings. The van der Waals surface area contributed by atoms with Crippen LogP contribution in [0, 0.1) is 12.8 Å². The first kappa shape index (κ1) is 15.4. The summed E-state index contributed by atoms with van der Waals surface area (Å²) in [4.78, 5) is 26.7. The van der Waals surface area contributed by atoms with Crippen LogP contribution in [0.15, 0.2) is 41.1 Å².